The van der Waals surface area contributed by atoms with Gasteiger partial charge in [-0.25, -0.2) is 4.79 Å². The van der Waals surface area contributed by atoms with Gasteiger partial charge in [0, 0.05) is 11.4 Å². The van der Waals surface area contributed by atoms with Crippen LogP contribution in [0.3, 0.4) is 0 Å². The van der Waals surface area contributed by atoms with Gasteiger partial charge in [-0.3, -0.25) is 0 Å². The van der Waals surface area contributed by atoms with Crippen LogP contribution in [0.25, 0.3) is 0 Å². The Morgan fingerprint density at radius 2 is 2.06 bits per heavy atom. The lowest BCUT2D eigenvalue weighted by Gasteiger charge is -2.10. The highest BCUT2D eigenvalue weighted by Gasteiger charge is 2.04. The minimum Gasteiger partial charge on any atom is -0.338 e. The molecule has 0 aliphatic heterocycles. The van der Waals surface area contributed by atoms with E-state index in [4.69, 9.17) is 0 Å². The molecule has 0 aromatic heterocycles. The van der Waals surface area contributed by atoms with Crippen molar-refractivity contribution < 1.29 is 4.79 Å². The molecular weight excluding hydrogens is 220 g/mol. The summed E-state index contributed by atoms with van der Waals surface area (Å²) >= 11 is 1.73. The third kappa shape index (κ3) is 4.14. The predicted molar refractivity (Wildman–Crippen MR) is 70.2 cm³/mol. The molecule has 0 heterocycles. The van der Waals surface area contributed by atoms with Gasteiger partial charge in [0.05, 0.1) is 5.69 Å². The van der Waals surface area contributed by atoms with Crippen molar-refractivity contribution in [1.29, 1.82) is 0 Å². The van der Waals surface area contributed by atoms with E-state index in [9.17, 15) is 4.79 Å². The zero-order valence-electron chi connectivity index (χ0n) is 9.75. The molecule has 1 aromatic carbocycles. The summed E-state index contributed by atoms with van der Waals surface area (Å²) in [5.41, 5.74) is 0.878. The molecule has 4 heteroatoms. The highest BCUT2D eigenvalue weighted by Crippen LogP contribution is 2.26. The zero-order chi connectivity index (χ0) is 11.8. The average Bonchev–Trinajstić information content (AvgIpc) is 2.29. The van der Waals surface area contributed by atoms with Crippen LogP contribution in [-0.4, -0.2) is 18.3 Å². The SMILES string of the molecule is CCCNC(=O)Nc1ccccc1SCC. The van der Waals surface area contributed by atoms with E-state index in [1.54, 1.807) is 11.8 Å². The Morgan fingerprint density at radius 1 is 1.31 bits per heavy atom. The third-order valence-corrected chi connectivity index (χ3v) is 2.93. The van der Waals surface area contributed by atoms with Crippen LogP contribution in [0.5, 0.6) is 0 Å². The molecule has 3 nitrogen and oxygen atoms in total. The third-order valence-electron chi connectivity index (χ3n) is 1.97. The molecule has 88 valence electrons. The fraction of sp³-hybridized carbons (Fsp3) is 0.417. The van der Waals surface area contributed by atoms with Crippen molar-refractivity contribution in [3.63, 3.8) is 0 Å². The van der Waals surface area contributed by atoms with Crippen LogP contribution in [0.4, 0.5) is 10.5 Å². The van der Waals surface area contributed by atoms with Gasteiger partial charge in [0.15, 0.2) is 0 Å². The summed E-state index contributed by atoms with van der Waals surface area (Å²) in [4.78, 5) is 12.6. The molecule has 2 amide bonds. The highest BCUT2D eigenvalue weighted by atomic mass is 32.2. The van der Waals surface area contributed by atoms with Gasteiger partial charge in [-0.05, 0) is 24.3 Å². The van der Waals surface area contributed by atoms with Gasteiger partial charge in [0.25, 0.3) is 0 Å². The number of hydrogen-bond acceptors (Lipinski definition) is 2. The van der Waals surface area contributed by atoms with Gasteiger partial charge >= 0.3 is 6.03 Å². The minimum atomic E-state index is -0.133. The molecule has 0 fully saturated rings. The molecule has 0 unspecified atom stereocenters. The maximum Gasteiger partial charge on any atom is 0.319 e. The molecule has 0 radical (unpaired) electrons. The Bertz CT molecular complexity index is 342. The molecule has 2 N–H and O–H groups in total. The van der Waals surface area contributed by atoms with E-state index in [0.29, 0.717) is 6.54 Å². The van der Waals surface area contributed by atoms with Crippen LogP contribution >= 0.6 is 11.8 Å². The van der Waals surface area contributed by atoms with Crippen molar-refractivity contribution in [2.45, 2.75) is 25.2 Å². The normalized spacial score (nSPS) is 9.88. The van der Waals surface area contributed by atoms with E-state index in [1.165, 1.54) is 0 Å². The summed E-state index contributed by atoms with van der Waals surface area (Å²) in [6.45, 7) is 4.83. The molecule has 0 aliphatic rings. The highest BCUT2D eigenvalue weighted by molar-refractivity contribution is 7.99. The van der Waals surface area contributed by atoms with Crippen LogP contribution in [0.15, 0.2) is 29.2 Å². The van der Waals surface area contributed by atoms with Crippen LogP contribution in [0.1, 0.15) is 20.3 Å². The Hall–Kier alpha value is -1.16. The van der Waals surface area contributed by atoms with Crippen LogP contribution in [-0.2, 0) is 0 Å². The molecule has 0 aliphatic carbocycles. The van der Waals surface area contributed by atoms with Gasteiger partial charge in [-0.15, -0.1) is 11.8 Å². The number of benzene rings is 1. The lowest BCUT2D eigenvalue weighted by atomic mass is 10.3. The summed E-state index contributed by atoms with van der Waals surface area (Å²) in [5.74, 6) is 0.995. The van der Waals surface area contributed by atoms with E-state index in [2.05, 4.69) is 17.6 Å². The maximum atomic E-state index is 11.5. The van der Waals surface area contributed by atoms with Gasteiger partial charge in [0.2, 0.25) is 0 Å². The first kappa shape index (κ1) is 12.9. The average molecular weight is 238 g/mol. The van der Waals surface area contributed by atoms with E-state index < -0.39 is 0 Å². The fourth-order valence-electron chi connectivity index (χ4n) is 1.26. The van der Waals surface area contributed by atoms with Crippen molar-refractivity contribution in [1.82, 2.24) is 5.32 Å². The first-order valence-electron chi connectivity index (χ1n) is 5.54. The molecule has 0 bridgehead atoms. The lowest BCUT2D eigenvalue weighted by molar-refractivity contribution is 0.252. The fourth-order valence-corrected chi connectivity index (χ4v) is 2.02. The van der Waals surface area contributed by atoms with Crippen molar-refractivity contribution in [2.24, 2.45) is 0 Å². The quantitative estimate of drug-likeness (QED) is 0.772. The Morgan fingerprint density at radius 3 is 2.75 bits per heavy atom. The van der Waals surface area contributed by atoms with Crippen LogP contribution in [0, 0.1) is 0 Å². The largest absolute Gasteiger partial charge is 0.338 e. The number of anilines is 1. The smallest absolute Gasteiger partial charge is 0.319 e. The molecule has 0 saturated heterocycles. The standard InChI is InChI=1S/C12H18N2OS/c1-3-9-13-12(15)14-10-7-5-6-8-11(10)16-4-2/h5-8H,3-4,9H2,1-2H3,(H2,13,14,15). The number of hydrogen-bond donors (Lipinski definition) is 2. The number of nitrogens with one attached hydrogen (secondary N) is 2. The van der Waals surface area contributed by atoms with E-state index in [-0.39, 0.29) is 6.03 Å². The Labute approximate surface area is 101 Å². The van der Waals surface area contributed by atoms with E-state index in [0.717, 1.165) is 22.8 Å². The molecule has 0 spiro atoms. The Balaban J connectivity index is 2.61. The number of rotatable bonds is 5. The summed E-state index contributed by atoms with van der Waals surface area (Å²) in [6.07, 6.45) is 0.943. The monoisotopic (exact) mass is 238 g/mol. The number of urea groups is 1. The van der Waals surface area contributed by atoms with Crippen LogP contribution < -0.4 is 10.6 Å². The second-order valence-electron chi connectivity index (χ2n) is 3.31. The van der Waals surface area contributed by atoms with Crippen molar-refractivity contribution in [2.75, 3.05) is 17.6 Å². The number of carbonyl (C=O) groups excluding carboxylic acids is 1. The van der Waals surface area contributed by atoms with Gasteiger partial charge in [0.1, 0.15) is 0 Å². The van der Waals surface area contributed by atoms with E-state index >= 15 is 0 Å². The Kier molecular flexibility index (Phi) is 5.78. The summed E-state index contributed by atoms with van der Waals surface area (Å²) in [5, 5.41) is 5.65. The summed E-state index contributed by atoms with van der Waals surface area (Å²) < 4.78 is 0. The zero-order valence-corrected chi connectivity index (χ0v) is 10.6. The molecule has 16 heavy (non-hydrogen) atoms. The molecule has 0 atom stereocenters. The number of amides is 2. The minimum absolute atomic E-state index is 0.133. The predicted octanol–water partition coefficient (Wildman–Crippen LogP) is 3.33. The first-order valence-corrected chi connectivity index (χ1v) is 6.53. The number of carbonyl (C=O) groups is 1. The molecule has 1 aromatic rings. The topological polar surface area (TPSA) is 41.1 Å². The van der Waals surface area contributed by atoms with E-state index in [1.807, 2.05) is 31.2 Å². The molecular formula is C12H18N2OS. The summed E-state index contributed by atoms with van der Waals surface area (Å²) in [6, 6.07) is 7.71. The lowest BCUT2D eigenvalue weighted by Crippen LogP contribution is -2.29. The number of thioether (sulfide) groups is 1. The van der Waals surface area contributed by atoms with Crippen LogP contribution in [0.2, 0.25) is 0 Å². The van der Waals surface area contributed by atoms with Crippen molar-refractivity contribution >= 4 is 23.5 Å². The molecule has 0 saturated carbocycles. The van der Waals surface area contributed by atoms with Crippen molar-refractivity contribution in [3.05, 3.63) is 24.3 Å². The maximum absolute atomic E-state index is 11.5. The molecule has 1 rings (SSSR count). The second kappa shape index (κ2) is 7.17. The van der Waals surface area contributed by atoms with Gasteiger partial charge < -0.3 is 10.6 Å². The number of para-hydroxylation sites is 1. The van der Waals surface area contributed by atoms with Gasteiger partial charge in [-0.1, -0.05) is 26.0 Å². The second-order valence-corrected chi connectivity index (χ2v) is 4.62. The summed E-state index contributed by atoms with van der Waals surface area (Å²) in [7, 11) is 0. The van der Waals surface area contributed by atoms with Gasteiger partial charge in [-0.2, -0.15) is 0 Å². The first-order chi connectivity index (χ1) is 7.77. The van der Waals surface area contributed by atoms with Crippen molar-refractivity contribution in [3.8, 4) is 0 Å².